The molecule has 2 fully saturated rings. The van der Waals surface area contributed by atoms with Gasteiger partial charge < -0.3 is 23.8 Å². The fraction of sp³-hybridized carbons (Fsp3) is 0.381. The predicted octanol–water partition coefficient (Wildman–Crippen LogP) is 3.58. The number of amides is 1. The van der Waals surface area contributed by atoms with Crippen molar-refractivity contribution in [1.82, 2.24) is 4.90 Å². The fourth-order valence-corrected chi connectivity index (χ4v) is 4.08. The summed E-state index contributed by atoms with van der Waals surface area (Å²) in [6.45, 7) is 1.54. The Kier molecular flexibility index (Phi) is 4.53. The molecule has 2 saturated heterocycles. The molecule has 5 rings (SSSR count). The summed E-state index contributed by atoms with van der Waals surface area (Å²) in [5.74, 6) is 1.99. The van der Waals surface area contributed by atoms with Gasteiger partial charge in [0.25, 0.3) is 5.91 Å². The SMILES string of the molecule is O=C1[C@H](Oc2ccc(Cl)cc2)[C@H](c2ccc3c(c2)OCO3)N1C[C@H]1CCCO1. The molecule has 0 bridgehead atoms. The van der Waals surface area contributed by atoms with Gasteiger partial charge in [-0.15, -0.1) is 0 Å². The lowest BCUT2D eigenvalue weighted by Gasteiger charge is -2.47. The Morgan fingerprint density at radius 3 is 2.71 bits per heavy atom. The number of likely N-dealkylation sites (tertiary alicyclic amines) is 1. The third-order valence-electron chi connectivity index (χ3n) is 5.39. The molecule has 3 aliphatic heterocycles. The second-order valence-electron chi connectivity index (χ2n) is 7.18. The van der Waals surface area contributed by atoms with Crippen LogP contribution in [0.1, 0.15) is 24.4 Å². The van der Waals surface area contributed by atoms with Gasteiger partial charge >= 0.3 is 0 Å². The van der Waals surface area contributed by atoms with Gasteiger partial charge in [-0.3, -0.25) is 4.79 Å². The van der Waals surface area contributed by atoms with Crippen LogP contribution in [0.3, 0.4) is 0 Å². The third kappa shape index (κ3) is 3.16. The number of ether oxygens (including phenoxy) is 4. The quantitative estimate of drug-likeness (QED) is 0.717. The van der Waals surface area contributed by atoms with Crippen molar-refractivity contribution in [1.29, 1.82) is 0 Å². The van der Waals surface area contributed by atoms with Crippen LogP contribution in [0.2, 0.25) is 5.02 Å². The predicted molar refractivity (Wildman–Crippen MR) is 102 cm³/mol. The molecule has 1 amide bonds. The van der Waals surface area contributed by atoms with Crippen molar-refractivity contribution in [3.63, 3.8) is 0 Å². The number of benzene rings is 2. The Bertz CT molecular complexity index is 881. The molecule has 146 valence electrons. The number of rotatable bonds is 5. The summed E-state index contributed by atoms with van der Waals surface area (Å²) in [5.41, 5.74) is 0.959. The van der Waals surface area contributed by atoms with E-state index in [1.165, 1.54) is 0 Å². The Morgan fingerprint density at radius 1 is 1.11 bits per heavy atom. The molecule has 0 radical (unpaired) electrons. The van der Waals surface area contributed by atoms with E-state index in [1.807, 2.05) is 23.1 Å². The molecule has 2 aromatic carbocycles. The molecule has 6 nitrogen and oxygen atoms in total. The topological polar surface area (TPSA) is 57.2 Å². The molecule has 3 atom stereocenters. The largest absolute Gasteiger partial charge is 0.478 e. The summed E-state index contributed by atoms with van der Waals surface area (Å²) in [5, 5.41) is 0.625. The zero-order chi connectivity index (χ0) is 19.1. The molecule has 7 heteroatoms. The first-order valence-electron chi connectivity index (χ1n) is 9.43. The highest BCUT2D eigenvalue weighted by atomic mass is 35.5. The number of halogens is 1. The van der Waals surface area contributed by atoms with E-state index in [4.69, 9.17) is 30.5 Å². The maximum absolute atomic E-state index is 12.9. The summed E-state index contributed by atoms with van der Waals surface area (Å²) >= 11 is 5.95. The molecule has 2 aromatic rings. The van der Waals surface area contributed by atoms with E-state index in [2.05, 4.69) is 0 Å². The minimum atomic E-state index is -0.594. The summed E-state index contributed by atoms with van der Waals surface area (Å²) < 4.78 is 22.7. The van der Waals surface area contributed by atoms with Gasteiger partial charge in [0.05, 0.1) is 6.10 Å². The molecule has 3 heterocycles. The van der Waals surface area contributed by atoms with Crippen LogP contribution in [0.15, 0.2) is 42.5 Å². The van der Waals surface area contributed by atoms with Crippen LogP contribution in [0.5, 0.6) is 17.2 Å². The molecule has 0 spiro atoms. The van der Waals surface area contributed by atoms with Gasteiger partial charge in [0, 0.05) is 18.2 Å². The Labute approximate surface area is 167 Å². The number of hydrogen-bond donors (Lipinski definition) is 0. The molecule has 0 saturated carbocycles. The van der Waals surface area contributed by atoms with Crippen molar-refractivity contribution >= 4 is 17.5 Å². The van der Waals surface area contributed by atoms with Crippen molar-refractivity contribution in [2.45, 2.75) is 31.1 Å². The van der Waals surface area contributed by atoms with Crippen LogP contribution in [-0.4, -0.2) is 43.0 Å². The van der Waals surface area contributed by atoms with Crippen LogP contribution in [0.25, 0.3) is 0 Å². The minimum absolute atomic E-state index is 0.0342. The van der Waals surface area contributed by atoms with Crippen molar-refractivity contribution in [3.05, 3.63) is 53.1 Å². The standard InChI is InChI=1S/C21H20ClNO5/c22-14-4-6-15(7-5-14)28-20-19(13-3-8-17-18(10-13)27-12-26-17)23(21(20)24)11-16-2-1-9-25-16/h3-8,10,16,19-20H,1-2,9,11-12H2/t16-,19+,20-/m1/s1. The van der Waals surface area contributed by atoms with Crippen LogP contribution in [0.4, 0.5) is 0 Å². The van der Waals surface area contributed by atoms with Crippen molar-refractivity contribution < 1.29 is 23.7 Å². The Hall–Kier alpha value is -2.44. The monoisotopic (exact) mass is 401 g/mol. The smallest absolute Gasteiger partial charge is 0.266 e. The molecule has 0 N–H and O–H groups in total. The lowest BCUT2D eigenvalue weighted by atomic mass is 9.89. The summed E-state index contributed by atoms with van der Waals surface area (Å²) in [6.07, 6.45) is 1.49. The van der Waals surface area contributed by atoms with Gasteiger partial charge in [-0.05, 0) is 54.8 Å². The van der Waals surface area contributed by atoms with Crippen molar-refractivity contribution in [3.8, 4) is 17.2 Å². The fourth-order valence-electron chi connectivity index (χ4n) is 3.95. The zero-order valence-electron chi connectivity index (χ0n) is 15.2. The lowest BCUT2D eigenvalue weighted by Crippen LogP contribution is -2.62. The number of carbonyl (C=O) groups is 1. The first-order chi connectivity index (χ1) is 13.7. The Balaban J connectivity index is 1.41. The zero-order valence-corrected chi connectivity index (χ0v) is 15.9. The number of fused-ring (bicyclic) bond motifs is 1. The molecule has 0 unspecified atom stereocenters. The number of carbonyl (C=O) groups excluding carboxylic acids is 1. The van der Waals surface area contributed by atoms with Crippen LogP contribution >= 0.6 is 11.6 Å². The summed E-state index contributed by atoms with van der Waals surface area (Å²) in [7, 11) is 0. The highest BCUT2D eigenvalue weighted by Crippen LogP contribution is 2.42. The highest BCUT2D eigenvalue weighted by molar-refractivity contribution is 6.30. The number of β-lactam (4-membered cyclic amide) rings is 1. The average Bonchev–Trinajstić information content (AvgIpc) is 3.39. The molecular weight excluding hydrogens is 382 g/mol. The van der Waals surface area contributed by atoms with E-state index in [1.54, 1.807) is 24.3 Å². The second kappa shape index (κ2) is 7.18. The van der Waals surface area contributed by atoms with Gasteiger partial charge in [0.2, 0.25) is 12.9 Å². The van der Waals surface area contributed by atoms with E-state index in [9.17, 15) is 4.79 Å². The van der Waals surface area contributed by atoms with Gasteiger partial charge in [0.1, 0.15) is 11.8 Å². The molecule has 0 aromatic heterocycles. The van der Waals surface area contributed by atoms with E-state index < -0.39 is 6.10 Å². The van der Waals surface area contributed by atoms with Gasteiger partial charge in [-0.2, -0.15) is 0 Å². The van der Waals surface area contributed by atoms with Crippen LogP contribution in [-0.2, 0) is 9.53 Å². The number of nitrogens with zero attached hydrogens (tertiary/aromatic N) is 1. The summed E-state index contributed by atoms with van der Waals surface area (Å²) in [4.78, 5) is 14.7. The van der Waals surface area contributed by atoms with E-state index in [0.29, 0.717) is 23.1 Å². The molecule has 3 aliphatic rings. The normalized spacial score (nSPS) is 25.7. The maximum atomic E-state index is 12.9. The molecule has 28 heavy (non-hydrogen) atoms. The van der Waals surface area contributed by atoms with Crippen molar-refractivity contribution in [2.24, 2.45) is 0 Å². The first kappa shape index (κ1) is 17.6. The molecule has 0 aliphatic carbocycles. The van der Waals surface area contributed by atoms with E-state index in [0.717, 1.165) is 30.8 Å². The van der Waals surface area contributed by atoms with E-state index in [-0.39, 0.29) is 24.8 Å². The average molecular weight is 402 g/mol. The maximum Gasteiger partial charge on any atom is 0.266 e. The second-order valence-corrected chi connectivity index (χ2v) is 7.61. The van der Waals surface area contributed by atoms with Crippen molar-refractivity contribution in [2.75, 3.05) is 19.9 Å². The van der Waals surface area contributed by atoms with E-state index >= 15 is 0 Å². The molecular formula is C21H20ClNO5. The minimum Gasteiger partial charge on any atom is -0.478 e. The van der Waals surface area contributed by atoms with Crippen LogP contribution < -0.4 is 14.2 Å². The van der Waals surface area contributed by atoms with Crippen LogP contribution in [0, 0.1) is 0 Å². The lowest BCUT2D eigenvalue weighted by molar-refractivity contribution is -0.167. The first-order valence-corrected chi connectivity index (χ1v) is 9.81. The number of hydrogen-bond acceptors (Lipinski definition) is 5. The van der Waals surface area contributed by atoms with Gasteiger partial charge in [-0.1, -0.05) is 17.7 Å². The third-order valence-corrected chi connectivity index (χ3v) is 5.64. The van der Waals surface area contributed by atoms with Gasteiger partial charge in [0.15, 0.2) is 11.5 Å². The highest BCUT2D eigenvalue weighted by Gasteiger charge is 2.51. The van der Waals surface area contributed by atoms with Gasteiger partial charge in [-0.25, -0.2) is 0 Å². The Morgan fingerprint density at radius 2 is 1.93 bits per heavy atom. The summed E-state index contributed by atoms with van der Waals surface area (Å²) in [6, 6.07) is 12.6.